The molecule has 0 aromatic carbocycles. The zero-order valence-electron chi connectivity index (χ0n) is 18.7. The highest BCUT2D eigenvalue weighted by molar-refractivity contribution is 8.26. The molecule has 3 aliphatic rings. The summed E-state index contributed by atoms with van der Waals surface area (Å²) in [5, 5.41) is 9.68. The van der Waals surface area contributed by atoms with Gasteiger partial charge in [0.05, 0.1) is 22.5 Å². The molecule has 176 valence electrons. The predicted octanol–water partition coefficient (Wildman–Crippen LogP) is 2.43. The van der Waals surface area contributed by atoms with Crippen LogP contribution in [0.25, 0.3) is 6.08 Å². The quantitative estimate of drug-likeness (QED) is 0.453. The molecular weight excluding hydrogens is 480 g/mol. The number of piperidine rings is 1. The third kappa shape index (κ3) is 4.36. The third-order valence-electron chi connectivity index (χ3n) is 6.49. The molecule has 1 aromatic heterocycles. The number of anilines is 1. The van der Waals surface area contributed by atoms with Crippen molar-refractivity contribution in [3.63, 3.8) is 0 Å². The summed E-state index contributed by atoms with van der Waals surface area (Å²) in [7, 11) is -3.17. The minimum atomic E-state index is -3.17. The number of hydrogen-bond acceptors (Lipinski definition) is 8. The number of sulfone groups is 1. The van der Waals surface area contributed by atoms with Gasteiger partial charge in [-0.15, -0.1) is 0 Å². The molecule has 0 saturated carbocycles. The number of thiocarbonyl (C=S) groups is 1. The van der Waals surface area contributed by atoms with Crippen LogP contribution < -0.4 is 10.5 Å². The lowest BCUT2D eigenvalue weighted by Gasteiger charge is -2.33. The Hall–Kier alpha value is -2.16. The second-order valence-corrected chi connectivity index (χ2v) is 12.5. The first-order valence-electron chi connectivity index (χ1n) is 11.1. The lowest BCUT2D eigenvalue weighted by molar-refractivity contribution is -0.123. The zero-order valence-corrected chi connectivity index (χ0v) is 21.1. The number of amides is 1. The van der Waals surface area contributed by atoms with E-state index >= 15 is 0 Å². The van der Waals surface area contributed by atoms with Gasteiger partial charge in [-0.3, -0.25) is 19.1 Å². The zero-order chi connectivity index (χ0) is 23.9. The van der Waals surface area contributed by atoms with Crippen LogP contribution >= 0.6 is 24.0 Å². The number of rotatable bonds is 4. The van der Waals surface area contributed by atoms with E-state index < -0.39 is 15.9 Å². The summed E-state index contributed by atoms with van der Waals surface area (Å²) in [6, 6.07) is 1.59. The van der Waals surface area contributed by atoms with Crippen LogP contribution in [0, 0.1) is 18.3 Å². The fraction of sp³-hybridized carbons (Fsp3) is 0.545. The highest BCUT2D eigenvalue weighted by atomic mass is 32.2. The molecule has 0 aliphatic carbocycles. The second kappa shape index (κ2) is 9.24. The molecule has 1 unspecified atom stereocenters. The molecule has 0 bridgehead atoms. The molecule has 3 saturated heterocycles. The Balaban J connectivity index is 1.83. The van der Waals surface area contributed by atoms with Gasteiger partial charge in [0.15, 0.2) is 9.84 Å². The maximum atomic E-state index is 13.3. The van der Waals surface area contributed by atoms with E-state index in [-0.39, 0.29) is 28.5 Å². The maximum Gasteiger partial charge on any atom is 0.270 e. The predicted molar refractivity (Wildman–Crippen MR) is 134 cm³/mol. The van der Waals surface area contributed by atoms with Gasteiger partial charge in [0.1, 0.15) is 21.8 Å². The molecule has 4 heterocycles. The first-order chi connectivity index (χ1) is 15.7. The van der Waals surface area contributed by atoms with Gasteiger partial charge < -0.3 is 4.90 Å². The Morgan fingerprint density at radius 2 is 1.94 bits per heavy atom. The number of pyridine rings is 1. The van der Waals surface area contributed by atoms with Crippen molar-refractivity contribution in [2.45, 2.75) is 52.1 Å². The van der Waals surface area contributed by atoms with Gasteiger partial charge in [-0.1, -0.05) is 24.0 Å². The number of thioether (sulfide) groups is 1. The molecule has 8 nitrogen and oxygen atoms in total. The SMILES string of the molecule is CCn1c(N2CCCCC2)c(C=C2SC(=S)N(C3CCS(=O)(=O)C3)C2=O)c(C)c(C#N)c1=O. The Bertz CT molecular complexity index is 1250. The Kier molecular flexibility index (Phi) is 6.71. The van der Waals surface area contributed by atoms with E-state index in [1.54, 1.807) is 17.6 Å². The van der Waals surface area contributed by atoms with Crippen LogP contribution in [0.2, 0.25) is 0 Å². The number of carbonyl (C=O) groups excluding carboxylic acids is 1. The van der Waals surface area contributed by atoms with Crippen molar-refractivity contribution in [2.75, 3.05) is 29.5 Å². The minimum absolute atomic E-state index is 0.0545. The van der Waals surface area contributed by atoms with Gasteiger partial charge in [-0.25, -0.2) is 8.42 Å². The van der Waals surface area contributed by atoms with Crippen molar-refractivity contribution < 1.29 is 13.2 Å². The van der Waals surface area contributed by atoms with Crippen LogP contribution in [0.1, 0.15) is 49.3 Å². The van der Waals surface area contributed by atoms with Gasteiger partial charge in [0.25, 0.3) is 11.5 Å². The van der Waals surface area contributed by atoms with Crippen molar-refractivity contribution in [2.24, 2.45) is 0 Å². The average Bonchev–Trinajstić information content (AvgIpc) is 3.27. The number of nitrogens with zero attached hydrogens (tertiary/aromatic N) is 4. The number of nitriles is 1. The maximum absolute atomic E-state index is 13.3. The first kappa shape index (κ1) is 24.0. The van der Waals surface area contributed by atoms with Gasteiger partial charge >= 0.3 is 0 Å². The lowest BCUT2D eigenvalue weighted by Crippen LogP contribution is -2.39. The molecule has 1 aromatic rings. The van der Waals surface area contributed by atoms with Crippen LogP contribution in [-0.2, 0) is 21.2 Å². The van der Waals surface area contributed by atoms with E-state index in [9.17, 15) is 23.3 Å². The number of hydrogen-bond donors (Lipinski definition) is 0. The van der Waals surface area contributed by atoms with Gasteiger partial charge in [-0.2, -0.15) is 5.26 Å². The summed E-state index contributed by atoms with van der Waals surface area (Å²) in [6.45, 7) is 5.61. The third-order valence-corrected chi connectivity index (χ3v) is 9.57. The topological polar surface area (TPSA) is 103 Å². The number of carbonyl (C=O) groups is 1. The molecule has 1 atom stereocenters. The van der Waals surface area contributed by atoms with Crippen LogP contribution in [0.15, 0.2) is 9.70 Å². The highest BCUT2D eigenvalue weighted by Crippen LogP contribution is 2.38. The summed E-state index contributed by atoms with van der Waals surface area (Å²) in [4.78, 5) is 30.3. The molecule has 0 radical (unpaired) electrons. The van der Waals surface area contributed by atoms with E-state index in [0.717, 1.165) is 49.9 Å². The van der Waals surface area contributed by atoms with Crippen molar-refractivity contribution in [1.29, 1.82) is 5.26 Å². The molecule has 3 fully saturated rings. The largest absolute Gasteiger partial charge is 0.357 e. The van der Waals surface area contributed by atoms with Crippen LogP contribution in [0.5, 0.6) is 0 Å². The van der Waals surface area contributed by atoms with Crippen molar-refractivity contribution in [3.8, 4) is 6.07 Å². The normalized spacial score (nSPS) is 24.0. The van der Waals surface area contributed by atoms with E-state index in [2.05, 4.69) is 4.90 Å². The molecule has 0 spiro atoms. The molecular formula is C22H26N4O4S3. The standard InChI is InChI=1S/C22H26N4O4S3/c1-3-25-19(24-8-5-4-6-9-24)16(14(2)17(12-23)20(25)27)11-18-21(28)26(22(31)32-18)15-7-10-33(29,30)13-15/h11,15H,3-10,13H2,1-2H3. The van der Waals surface area contributed by atoms with Gasteiger partial charge in [0, 0.05) is 25.2 Å². The summed E-state index contributed by atoms with van der Waals surface area (Å²) < 4.78 is 25.9. The molecule has 4 rings (SSSR count). The van der Waals surface area contributed by atoms with Crippen molar-refractivity contribution in [3.05, 3.63) is 31.9 Å². The first-order valence-corrected chi connectivity index (χ1v) is 14.1. The van der Waals surface area contributed by atoms with E-state index in [4.69, 9.17) is 12.2 Å². The van der Waals surface area contributed by atoms with E-state index in [1.165, 1.54) is 4.90 Å². The lowest BCUT2D eigenvalue weighted by atomic mass is 10.0. The second-order valence-electron chi connectivity index (χ2n) is 8.55. The molecule has 3 aliphatic heterocycles. The smallest absolute Gasteiger partial charge is 0.270 e. The Labute approximate surface area is 203 Å². The van der Waals surface area contributed by atoms with E-state index in [1.807, 2.05) is 13.0 Å². The summed E-state index contributed by atoms with van der Waals surface area (Å²) in [5.74, 6) is 0.388. The van der Waals surface area contributed by atoms with Gasteiger partial charge in [0.2, 0.25) is 0 Å². The summed E-state index contributed by atoms with van der Waals surface area (Å²) in [6.07, 6.45) is 5.25. The Morgan fingerprint density at radius 1 is 1.24 bits per heavy atom. The minimum Gasteiger partial charge on any atom is -0.357 e. The Morgan fingerprint density at radius 3 is 2.52 bits per heavy atom. The van der Waals surface area contributed by atoms with Crippen LogP contribution in [0.3, 0.4) is 0 Å². The van der Waals surface area contributed by atoms with Crippen molar-refractivity contribution >= 4 is 55.9 Å². The van der Waals surface area contributed by atoms with Crippen molar-refractivity contribution in [1.82, 2.24) is 9.47 Å². The fourth-order valence-electron chi connectivity index (χ4n) is 4.79. The molecule has 1 amide bonds. The highest BCUT2D eigenvalue weighted by Gasteiger charge is 2.42. The number of aromatic nitrogens is 1. The van der Waals surface area contributed by atoms with Crippen LogP contribution in [0.4, 0.5) is 5.82 Å². The van der Waals surface area contributed by atoms with E-state index in [0.29, 0.717) is 33.3 Å². The van der Waals surface area contributed by atoms with Crippen LogP contribution in [-0.4, -0.2) is 58.7 Å². The molecule has 0 N–H and O–H groups in total. The fourth-order valence-corrected chi connectivity index (χ4v) is 7.87. The summed E-state index contributed by atoms with van der Waals surface area (Å²) in [5.41, 5.74) is 0.969. The van der Waals surface area contributed by atoms with Gasteiger partial charge in [-0.05, 0) is 51.2 Å². The summed E-state index contributed by atoms with van der Waals surface area (Å²) >= 11 is 6.59. The molecule has 33 heavy (non-hydrogen) atoms. The average molecular weight is 507 g/mol. The monoisotopic (exact) mass is 506 g/mol. The molecule has 11 heteroatoms.